The molecule has 6 heteroatoms. The Balaban J connectivity index is 1.71. The summed E-state index contributed by atoms with van der Waals surface area (Å²) in [6, 6.07) is 9.59. The maximum atomic E-state index is 12.8. The van der Waals surface area contributed by atoms with Crippen LogP contribution in [0, 0.1) is 5.21 Å². The van der Waals surface area contributed by atoms with E-state index in [4.69, 9.17) is 0 Å². The molecule has 3 heterocycles. The zero-order chi connectivity index (χ0) is 15.5. The monoisotopic (exact) mass is 334 g/mol. The second-order valence-corrected chi connectivity index (χ2v) is 7.67. The number of carbonyl (C=O) groups is 1. The Bertz CT molecular complexity index is 645. The van der Waals surface area contributed by atoms with Crippen molar-refractivity contribution in [1.82, 2.24) is 4.90 Å². The van der Waals surface area contributed by atoms with Gasteiger partial charge in [-0.15, -0.1) is 11.3 Å². The van der Waals surface area contributed by atoms with E-state index in [1.807, 2.05) is 24.0 Å². The van der Waals surface area contributed by atoms with Gasteiger partial charge < -0.3 is 10.1 Å². The van der Waals surface area contributed by atoms with Crippen LogP contribution in [0.1, 0.15) is 30.7 Å². The first-order chi connectivity index (χ1) is 10.7. The molecule has 3 rings (SSSR count). The summed E-state index contributed by atoms with van der Waals surface area (Å²) in [7, 11) is 0. The predicted molar refractivity (Wildman–Crippen MR) is 88.7 cm³/mol. The van der Waals surface area contributed by atoms with E-state index in [2.05, 4.69) is 11.4 Å². The second kappa shape index (κ2) is 6.71. The van der Waals surface area contributed by atoms with Crippen molar-refractivity contribution in [3.8, 4) is 0 Å². The van der Waals surface area contributed by atoms with Crippen molar-refractivity contribution in [2.75, 3.05) is 6.54 Å². The van der Waals surface area contributed by atoms with E-state index in [9.17, 15) is 10.0 Å². The van der Waals surface area contributed by atoms with Gasteiger partial charge in [0.05, 0.1) is 11.3 Å². The zero-order valence-electron chi connectivity index (χ0n) is 12.3. The second-order valence-electron chi connectivity index (χ2n) is 5.33. The summed E-state index contributed by atoms with van der Waals surface area (Å²) < 4.78 is 0.815. The lowest BCUT2D eigenvalue weighted by atomic mass is 10.2. The van der Waals surface area contributed by atoms with Crippen LogP contribution in [0.3, 0.4) is 0 Å². The van der Waals surface area contributed by atoms with Crippen LogP contribution in [-0.2, 0) is 4.79 Å². The number of thiophene rings is 1. The van der Waals surface area contributed by atoms with Gasteiger partial charge in [0.2, 0.25) is 5.91 Å². The van der Waals surface area contributed by atoms with Gasteiger partial charge in [0.1, 0.15) is 0 Å². The third-order valence-electron chi connectivity index (χ3n) is 3.84. The smallest absolute Gasteiger partial charge is 0.252 e. The highest BCUT2D eigenvalue weighted by Crippen LogP contribution is 2.36. The van der Waals surface area contributed by atoms with Gasteiger partial charge in [-0.1, -0.05) is 6.07 Å². The molecular weight excluding hydrogens is 316 g/mol. The van der Waals surface area contributed by atoms with Gasteiger partial charge >= 0.3 is 0 Å². The topological polar surface area (TPSA) is 47.2 Å². The van der Waals surface area contributed by atoms with Gasteiger partial charge in [0.15, 0.2) is 6.20 Å². The zero-order valence-corrected chi connectivity index (χ0v) is 14.0. The maximum Gasteiger partial charge on any atom is 0.252 e. The first kappa shape index (κ1) is 15.4. The van der Waals surface area contributed by atoms with Crippen LogP contribution >= 0.6 is 23.1 Å². The molecule has 2 aromatic heterocycles. The number of hydrogen-bond acceptors (Lipinski definition) is 4. The van der Waals surface area contributed by atoms with Gasteiger partial charge in [-0.2, -0.15) is 4.73 Å². The van der Waals surface area contributed by atoms with E-state index < -0.39 is 0 Å². The molecule has 22 heavy (non-hydrogen) atoms. The van der Waals surface area contributed by atoms with Crippen molar-refractivity contribution in [3.63, 3.8) is 0 Å². The SMILES string of the molecule is C[C@@H](Sc1cccc[n+]1[O-])C(=O)N1CCC[C@@H]1c1cccs1. The van der Waals surface area contributed by atoms with E-state index in [1.165, 1.54) is 22.8 Å². The van der Waals surface area contributed by atoms with E-state index in [1.54, 1.807) is 23.5 Å². The molecule has 0 radical (unpaired) electrons. The number of hydrogen-bond donors (Lipinski definition) is 0. The Morgan fingerprint density at radius 3 is 3.05 bits per heavy atom. The highest BCUT2D eigenvalue weighted by Gasteiger charge is 2.33. The molecule has 4 nitrogen and oxygen atoms in total. The van der Waals surface area contributed by atoms with Gasteiger partial charge in [0.25, 0.3) is 5.03 Å². The Morgan fingerprint density at radius 2 is 2.32 bits per heavy atom. The summed E-state index contributed by atoms with van der Waals surface area (Å²) >= 11 is 3.03. The van der Waals surface area contributed by atoms with Crippen molar-refractivity contribution in [2.45, 2.75) is 36.1 Å². The summed E-state index contributed by atoms with van der Waals surface area (Å²) in [5, 5.41) is 14.1. The van der Waals surface area contributed by atoms with Crippen molar-refractivity contribution >= 4 is 29.0 Å². The van der Waals surface area contributed by atoms with Gasteiger partial charge in [-0.05, 0) is 49.0 Å². The molecule has 116 valence electrons. The fourth-order valence-corrected chi connectivity index (χ4v) is 4.57. The molecule has 1 amide bonds. The molecular formula is C16H18N2O2S2. The van der Waals surface area contributed by atoms with Crippen LogP contribution in [0.4, 0.5) is 0 Å². The molecule has 0 unspecified atom stereocenters. The Labute approximate surface area is 138 Å². The molecule has 1 aliphatic heterocycles. The third kappa shape index (κ3) is 3.13. The van der Waals surface area contributed by atoms with Crippen LogP contribution in [0.25, 0.3) is 0 Å². The van der Waals surface area contributed by atoms with Crippen molar-refractivity contribution < 1.29 is 9.52 Å². The number of amides is 1. The lowest BCUT2D eigenvalue weighted by molar-refractivity contribution is -0.645. The number of rotatable bonds is 4. The predicted octanol–water partition coefficient (Wildman–Crippen LogP) is 3.23. The molecule has 0 saturated carbocycles. The van der Waals surface area contributed by atoms with Crippen LogP contribution in [0.5, 0.6) is 0 Å². The van der Waals surface area contributed by atoms with Crippen LogP contribution in [0.15, 0.2) is 46.9 Å². The molecule has 1 fully saturated rings. The number of nitrogens with zero attached hydrogens (tertiary/aromatic N) is 2. The minimum Gasteiger partial charge on any atom is -0.618 e. The fourth-order valence-electron chi connectivity index (χ4n) is 2.78. The van der Waals surface area contributed by atoms with Gasteiger partial charge in [-0.3, -0.25) is 4.79 Å². The summed E-state index contributed by atoms with van der Waals surface area (Å²) in [4.78, 5) is 16.0. The lowest BCUT2D eigenvalue weighted by Crippen LogP contribution is -2.37. The largest absolute Gasteiger partial charge is 0.618 e. The molecule has 0 aliphatic carbocycles. The van der Waals surface area contributed by atoms with Crippen LogP contribution in [-0.4, -0.2) is 22.6 Å². The summed E-state index contributed by atoms with van der Waals surface area (Å²) in [6.07, 6.45) is 3.53. The first-order valence-corrected chi connectivity index (χ1v) is 9.11. The fraction of sp³-hybridized carbons (Fsp3) is 0.375. The van der Waals surface area contributed by atoms with Crippen molar-refractivity contribution in [3.05, 3.63) is 52.0 Å². The Hall–Kier alpha value is -1.53. The van der Waals surface area contributed by atoms with Crippen LogP contribution < -0.4 is 4.73 Å². The lowest BCUT2D eigenvalue weighted by Gasteiger charge is -2.26. The Morgan fingerprint density at radius 1 is 1.45 bits per heavy atom. The summed E-state index contributed by atoms with van der Waals surface area (Å²) in [5.41, 5.74) is 0. The molecule has 1 aliphatic rings. The van der Waals surface area contributed by atoms with Gasteiger partial charge in [-0.25, -0.2) is 0 Å². The number of aromatic nitrogens is 1. The first-order valence-electron chi connectivity index (χ1n) is 7.35. The number of pyridine rings is 1. The number of thioether (sulfide) groups is 1. The summed E-state index contributed by atoms with van der Waals surface area (Å²) in [5.74, 6) is 0.116. The van der Waals surface area contributed by atoms with E-state index in [0.29, 0.717) is 5.03 Å². The summed E-state index contributed by atoms with van der Waals surface area (Å²) in [6.45, 7) is 2.68. The van der Waals surface area contributed by atoms with Crippen LogP contribution in [0.2, 0.25) is 0 Å². The van der Waals surface area contributed by atoms with Crippen molar-refractivity contribution in [2.24, 2.45) is 0 Å². The maximum absolute atomic E-state index is 12.8. The quantitative estimate of drug-likeness (QED) is 0.490. The molecule has 2 atom stereocenters. The van der Waals surface area contributed by atoms with E-state index in [-0.39, 0.29) is 17.2 Å². The van der Waals surface area contributed by atoms with E-state index >= 15 is 0 Å². The van der Waals surface area contributed by atoms with E-state index in [0.717, 1.165) is 24.1 Å². The molecule has 0 bridgehead atoms. The molecule has 1 saturated heterocycles. The average molecular weight is 334 g/mol. The average Bonchev–Trinajstić information content (AvgIpc) is 3.19. The number of likely N-dealkylation sites (tertiary alicyclic amines) is 1. The highest BCUT2D eigenvalue weighted by molar-refractivity contribution is 8.00. The molecule has 2 aromatic rings. The minimum atomic E-state index is -0.261. The Kier molecular flexibility index (Phi) is 4.69. The molecule has 0 spiro atoms. The highest BCUT2D eigenvalue weighted by atomic mass is 32.2. The molecule has 0 aromatic carbocycles. The normalized spacial score (nSPS) is 19.3. The standard InChI is InChI=1S/C16H18N2O2S2/c1-12(22-15-8-2-3-10-18(15)20)16(19)17-9-4-6-13(17)14-7-5-11-21-14/h2-3,5,7-8,10-13H,4,6,9H2,1H3/t12-,13-/m1/s1. The molecule has 0 N–H and O–H groups in total. The van der Waals surface area contributed by atoms with Crippen molar-refractivity contribution in [1.29, 1.82) is 0 Å². The third-order valence-corrected chi connectivity index (χ3v) is 5.93. The van der Waals surface area contributed by atoms with Gasteiger partial charge in [0, 0.05) is 23.6 Å². The minimum absolute atomic E-state index is 0.116. The number of carbonyl (C=O) groups excluding carboxylic acids is 1.